The number of benzene rings is 10. The monoisotopic (exact) mass is 848 g/mol. The Morgan fingerprint density at radius 1 is 0.354 bits per heavy atom. The summed E-state index contributed by atoms with van der Waals surface area (Å²) < 4.78 is 7.20. The lowest BCUT2D eigenvalue weighted by Gasteiger charge is -2.40. The molecule has 1 aliphatic heterocycles. The highest BCUT2D eigenvalue weighted by Gasteiger charge is 2.50. The van der Waals surface area contributed by atoms with Gasteiger partial charge in [0.15, 0.2) is 5.58 Å². The zero-order valence-corrected chi connectivity index (χ0v) is 36.1. The van der Waals surface area contributed by atoms with Crippen LogP contribution < -0.4 is 9.80 Å². The normalized spacial score (nSPS) is 13.0. The first kappa shape index (κ1) is 37.5. The van der Waals surface area contributed by atoms with Crippen molar-refractivity contribution in [1.82, 2.24) is 0 Å². The summed E-state index contributed by atoms with van der Waals surface area (Å²) in [6.45, 7) is 0. The second kappa shape index (κ2) is 15.0. The molecule has 0 radical (unpaired) electrons. The molecule has 0 atom stereocenters. The van der Waals surface area contributed by atoms with Crippen molar-refractivity contribution >= 4 is 67.8 Å². The van der Waals surface area contributed by atoms with Gasteiger partial charge < -0.3 is 14.2 Å². The van der Waals surface area contributed by atoms with Crippen LogP contribution in [0.4, 0.5) is 34.1 Å². The molecule has 0 saturated heterocycles. The van der Waals surface area contributed by atoms with Crippen LogP contribution in [0.25, 0.3) is 44.2 Å². The van der Waals surface area contributed by atoms with Crippen molar-refractivity contribution in [2.45, 2.75) is 15.2 Å². The SMILES string of the molecule is c1ccc(-c2ccc(N(c3ccccc3)c3ccc4c(c3)C3(c5ccccc5S4)c4ccccc4-c4ccccc43)c3oc4ccc(N(c5ccccc5)c5ccccc5)cc4c23)cc1. The topological polar surface area (TPSA) is 19.6 Å². The van der Waals surface area contributed by atoms with Gasteiger partial charge in [-0.25, -0.2) is 0 Å². The number of hydrogen-bond donors (Lipinski definition) is 0. The zero-order chi connectivity index (χ0) is 42.9. The lowest BCUT2D eigenvalue weighted by molar-refractivity contribution is 0.669. The number of anilines is 6. The minimum Gasteiger partial charge on any atom is -0.454 e. The van der Waals surface area contributed by atoms with Crippen LogP contribution in [-0.2, 0) is 5.41 Å². The minimum absolute atomic E-state index is 0.506. The van der Waals surface area contributed by atoms with Crippen LogP contribution in [0, 0.1) is 0 Å². The Bertz CT molecular complexity index is 3500. The molecule has 0 saturated carbocycles. The van der Waals surface area contributed by atoms with Crippen LogP contribution in [0.15, 0.2) is 257 Å². The largest absolute Gasteiger partial charge is 0.454 e. The van der Waals surface area contributed by atoms with Crippen molar-refractivity contribution in [3.8, 4) is 22.3 Å². The molecule has 0 fully saturated rings. The highest BCUT2D eigenvalue weighted by molar-refractivity contribution is 7.99. The van der Waals surface area contributed by atoms with Gasteiger partial charge in [0.1, 0.15) is 5.58 Å². The first-order valence-electron chi connectivity index (χ1n) is 22.2. The molecule has 2 aliphatic rings. The van der Waals surface area contributed by atoms with E-state index >= 15 is 0 Å². The summed E-state index contributed by atoms with van der Waals surface area (Å²) in [7, 11) is 0. The predicted octanol–water partition coefficient (Wildman–Crippen LogP) is 17.0. The van der Waals surface area contributed by atoms with Crippen LogP contribution in [0.3, 0.4) is 0 Å². The molecule has 1 aromatic heterocycles. The maximum Gasteiger partial charge on any atom is 0.160 e. The lowest BCUT2D eigenvalue weighted by Crippen LogP contribution is -2.32. The van der Waals surface area contributed by atoms with E-state index in [2.05, 4.69) is 252 Å². The smallest absolute Gasteiger partial charge is 0.160 e. The van der Waals surface area contributed by atoms with E-state index in [0.717, 1.165) is 67.2 Å². The Kier molecular flexibility index (Phi) is 8.68. The molecule has 0 N–H and O–H groups in total. The average molecular weight is 849 g/mol. The summed E-state index contributed by atoms with van der Waals surface area (Å²) in [5.74, 6) is 0. The average Bonchev–Trinajstić information content (AvgIpc) is 3.90. The first-order chi connectivity index (χ1) is 32.3. The van der Waals surface area contributed by atoms with Gasteiger partial charge in [-0.05, 0) is 129 Å². The van der Waals surface area contributed by atoms with E-state index in [1.807, 2.05) is 11.8 Å². The maximum atomic E-state index is 7.20. The zero-order valence-electron chi connectivity index (χ0n) is 35.3. The second-order valence-electron chi connectivity index (χ2n) is 16.8. The maximum absolute atomic E-state index is 7.20. The molecule has 1 spiro atoms. The van der Waals surface area contributed by atoms with Crippen molar-refractivity contribution in [1.29, 1.82) is 0 Å². The Morgan fingerprint density at radius 2 is 0.862 bits per heavy atom. The van der Waals surface area contributed by atoms with Crippen LogP contribution >= 0.6 is 11.8 Å². The Morgan fingerprint density at radius 3 is 1.51 bits per heavy atom. The fourth-order valence-corrected chi connectivity index (χ4v) is 11.8. The van der Waals surface area contributed by atoms with Crippen molar-refractivity contribution in [2.75, 3.05) is 9.80 Å². The van der Waals surface area contributed by atoms with Crippen molar-refractivity contribution < 1.29 is 4.42 Å². The van der Waals surface area contributed by atoms with Crippen molar-refractivity contribution in [3.05, 3.63) is 265 Å². The molecule has 4 heteroatoms. The molecule has 3 nitrogen and oxygen atoms in total. The summed E-state index contributed by atoms with van der Waals surface area (Å²) in [4.78, 5) is 7.26. The molecule has 306 valence electrons. The molecule has 0 bridgehead atoms. The highest BCUT2D eigenvalue weighted by Crippen LogP contribution is 2.63. The molecule has 10 aromatic carbocycles. The molecule has 0 unspecified atom stereocenters. The van der Waals surface area contributed by atoms with E-state index in [0.29, 0.717) is 0 Å². The first-order valence-corrected chi connectivity index (χ1v) is 23.0. The van der Waals surface area contributed by atoms with Crippen LogP contribution in [0.2, 0.25) is 0 Å². The molecular weight excluding hydrogens is 809 g/mol. The third kappa shape index (κ3) is 5.77. The predicted molar refractivity (Wildman–Crippen MR) is 270 cm³/mol. The molecule has 2 heterocycles. The van der Waals surface area contributed by atoms with Gasteiger partial charge in [0.25, 0.3) is 0 Å². The van der Waals surface area contributed by atoms with Crippen LogP contribution in [0.1, 0.15) is 22.3 Å². The number of para-hydroxylation sites is 3. The van der Waals surface area contributed by atoms with Crippen molar-refractivity contribution in [3.63, 3.8) is 0 Å². The van der Waals surface area contributed by atoms with E-state index in [-0.39, 0.29) is 0 Å². The van der Waals surface area contributed by atoms with Gasteiger partial charge in [-0.2, -0.15) is 0 Å². The van der Waals surface area contributed by atoms with E-state index in [4.69, 9.17) is 4.42 Å². The molecule has 1 aliphatic carbocycles. The fourth-order valence-electron chi connectivity index (χ4n) is 10.6. The van der Waals surface area contributed by atoms with Crippen molar-refractivity contribution in [2.24, 2.45) is 0 Å². The van der Waals surface area contributed by atoms with E-state index in [9.17, 15) is 0 Å². The molecule has 11 aromatic rings. The summed E-state index contributed by atoms with van der Waals surface area (Å²) >= 11 is 1.87. The molecule has 0 amide bonds. The Labute approximate surface area is 382 Å². The number of furan rings is 1. The summed E-state index contributed by atoms with van der Waals surface area (Å²) in [5.41, 5.74) is 17.5. The van der Waals surface area contributed by atoms with Gasteiger partial charge in [-0.3, -0.25) is 0 Å². The standard InChI is InChI=1S/C61H40N2OS/c1-5-19-41(20-6-1)47-35-36-55(60-59(47)50-39-45(33-37-56(50)64-60)62(42-21-7-2-8-22-42)43-23-9-3-10-24-43)63(44-25-11-4-12-26-44)46-34-38-58-54(40-46)61(53-31-17-18-32-57(53)65-58)51-29-15-13-27-48(51)49-28-14-16-30-52(49)61/h1-40H. The van der Waals surface area contributed by atoms with Gasteiger partial charge in [0.2, 0.25) is 0 Å². The molecule has 13 rings (SSSR count). The highest BCUT2D eigenvalue weighted by atomic mass is 32.2. The number of nitrogens with zero attached hydrogens (tertiary/aromatic N) is 2. The van der Waals surface area contributed by atoms with E-state index in [1.54, 1.807) is 0 Å². The number of fused-ring (bicyclic) bond motifs is 12. The fraction of sp³-hybridized carbons (Fsp3) is 0.0164. The molecular formula is C61H40N2OS. The lowest BCUT2D eigenvalue weighted by atomic mass is 9.67. The summed E-state index contributed by atoms with van der Waals surface area (Å²) in [5, 5.41) is 2.13. The summed E-state index contributed by atoms with van der Waals surface area (Å²) in [6, 6.07) is 87.9. The molecule has 65 heavy (non-hydrogen) atoms. The van der Waals surface area contributed by atoms with E-state index < -0.39 is 5.41 Å². The van der Waals surface area contributed by atoms with Gasteiger partial charge >= 0.3 is 0 Å². The van der Waals surface area contributed by atoms with Crippen LogP contribution in [0.5, 0.6) is 0 Å². The third-order valence-electron chi connectivity index (χ3n) is 13.3. The minimum atomic E-state index is -0.506. The van der Waals surface area contributed by atoms with Gasteiger partial charge in [-0.15, -0.1) is 0 Å². The van der Waals surface area contributed by atoms with Crippen LogP contribution in [-0.4, -0.2) is 0 Å². The van der Waals surface area contributed by atoms with Gasteiger partial charge in [-0.1, -0.05) is 169 Å². The van der Waals surface area contributed by atoms with E-state index in [1.165, 1.54) is 43.2 Å². The Hall–Kier alpha value is -8.05. The second-order valence-corrected chi connectivity index (χ2v) is 17.9. The number of rotatable bonds is 7. The van der Waals surface area contributed by atoms with Gasteiger partial charge in [0.05, 0.1) is 11.1 Å². The Balaban J connectivity index is 1.07. The van der Waals surface area contributed by atoms with Gasteiger partial charge in [0, 0.05) is 49.0 Å². The quantitative estimate of drug-likeness (QED) is 0.159. The third-order valence-corrected chi connectivity index (χ3v) is 14.4. The summed E-state index contributed by atoms with van der Waals surface area (Å²) in [6.07, 6.45) is 0. The number of hydrogen-bond acceptors (Lipinski definition) is 4.